The molecule has 4 atom stereocenters. The van der Waals surface area contributed by atoms with Crippen LogP contribution in [-0.2, 0) is 30.3 Å². The average Bonchev–Trinajstić information content (AvgIpc) is 3.33. The summed E-state index contributed by atoms with van der Waals surface area (Å²) in [7, 11) is 3.01. The number of aliphatic carboxylic acids is 1. The summed E-state index contributed by atoms with van der Waals surface area (Å²) in [5.41, 5.74) is 3.08. The number of esters is 1. The van der Waals surface area contributed by atoms with Gasteiger partial charge in [-0.2, -0.15) is 0 Å². The zero-order valence-electron chi connectivity index (χ0n) is 21.8. The number of carboxylic acids is 1. The number of likely N-dealkylation sites (N-methyl/N-ethyl adjacent to an activating group) is 1. The third kappa shape index (κ3) is 6.73. The molecule has 1 aromatic rings. The first kappa shape index (κ1) is 29.1. The van der Waals surface area contributed by atoms with Crippen molar-refractivity contribution >= 4 is 23.8 Å². The van der Waals surface area contributed by atoms with Crippen LogP contribution in [0.4, 0.5) is 0 Å². The monoisotopic (exact) mass is 506 g/mol. The molecule has 0 saturated carbocycles. The van der Waals surface area contributed by atoms with Gasteiger partial charge in [-0.15, -0.1) is 0 Å². The Morgan fingerprint density at radius 2 is 1.83 bits per heavy atom. The first-order chi connectivity index (χ1) is 16.7. The largest absolute Gasteiger partial charge is 0.497 e. The minimum absolute atomic E-state index is 0.0633. The van der Waals surface area contributed by atoms with E-state index in [0.717, 1.165) is 6.42 Å². The molecule has 0 bridgehead atoms. The van der Waals surface area contributed by atoms with Gasteiger partial charge in [-0.1, -0.05) is 12.1 Å². The van der Waals surface area contributed by atoms with E-state index < -0.39 is 47.1 Å². The zero-order valence-corrected chi connectivity index (χ0v) is 21.8. The number of nitrogens with two attached hydrogens (primary N) is 1. The molecule has 1 fully saturated rings. The van der Waals surface area contributed by atoms with Crippen molar-refractivity contribution in [2.24, 2.45) is 5.73 Å². The predicted octanol–water partition coefficient (Wildman–Crippen LogP) is 0.445. The van der Waals surface area contributed by atoms with Crippen molar-refractivity contribution in [3.05, 3.63) is 29.8 Å². The lowest BCUT2D eigenvalue weighted by Crippen LogP contribution is -2.71. The lowest BCUT2D eigenvalue weighted by Gasteiger charge is -2.37. The van der Waals surface area contributed by atoms with Gasteiger partial charge in [-0.05, 0) is 64.8 Å². The Morgan fingerprint density at radius 1 is 1.22 bits per heavy atom. The van der Waals surface area contributed by atoms with Crippen LogP contribution in [0, 0.1) is 0 Å². The van der Waals surface area contributed by atoms with Gasteiger partial charge in [0.2, 0.25) is 11.8 Å². The van der Waals surface area contributed by atoms with Gasteiger partial charge in [0.15, 0.2) is 0 Å². The lowest BCUT2D eigenvalue weighted by molar-refractivity contribution is -0.174. The van der Waals surface area contributed by atoms with Crippen molar-refractivity contribution in [3.63, 3.8) is 0 Å². The number of rotatable bonds is 10. The van der Waals surface area contributed by atoms with Gasteiger partial charge < -0.3 is 35.8 Å². The van der Waals surface area contributed by atoms with Crippen LogP contribution in [0.5, 0.6) is 5.75 Å². The molecule has 200 valence electrons. The van der Waals surface area contributed by atoms with Crippen LogP contribution in [0.25, 0.3) is 0 Å². The van der Waals surface area contributed by atoms with Crippen LogP contribution < -0.4 is 21.1 Å². The number of carboxylic acid groups (broad SMARTS) is 1. The summed E-state index contributed by atoms with van der Waals surface area (Å²) in [6.45, 7) is 6.72. The molecular formula is C25H38N4O7. The van der Waals surface area contributed by atoms with Gasteiger partial charge in [0.05, 0.1) is 13.2 Å². The second-order valence-electron chi connectivity index (χ2n) is 10.1. The van der Waals surface area contributed by atoms with Crippen molar-refractivity contribution in [1.29, 1.82) is 0 Å². The molecule has 0 aromatic heterocycles. The molecule has 0 aliphatic carbocycles. The smallest absolute Gasteiger partial charge is 0.345 e. The Hall–Kier alpha value is -3.18. The Labute approximate surface area is 211 Å². The Kier molecular flexibility index (Phi) is 9.44. The molecule has 11 nitrogen and oxygen atoms in total. The molecule has 36 heavy (non-hydrogen) atoms. The minimum Gasteiger partial charge on any atom is -0.497 e. The van der Waals surface area contributed by atoms with Crippen molar-refractivity contribution in [2.75, 3.05) is 20.7 Å². The van der Waals surface area contributed by atoms with Crippen LogP contribution in [0.15, 0.2) is 24.3 Å². The van der Waals surface area contributed by atoms with Gasteiger partial charge >= 0.3 is 11.9 Å². The van der Waals surface area contributed by atoms with Crippen LogP contribution in [0.3, 0.4) is 0 Å². The SMILES string of the molecule is COc1ccc(C[C@@H](C(=O)N[C@@](C(=O)O)(C(=O)OC(C)(C)C)[C@@H](C)N)N(C)C(=O)[C@@H]2CCCN2)cc1. The molecule has 11 heteroatoms. The maximum absolute atomic E-state index is 13.6. The number of nitrogens with one attached hydrogen (secondary N) is 2. The standard InChI is InChI=1S/C25H38N4O7/c1-15(26)25(22(32)33,23(34)36-24(2,3)4)28-20(30)19(14-16-9-11-17(35-6)12-10-16)29(5)21(31)18-8-7-13-27-18/h9-12,15,18-19,27H,7-8,13-14,26H2,1-6H3,(H,28,30)(H,32,33)/t15-,18+,19+,25+/m1/s1. The van der Waals surface area contributed by atoms with Gasteiger partial charge in [0, 0.05) is 19.5 Å². The summed E-state index contributed by atoms with van der Waals surface area (Å²) >= 11 is 0. The normalized spacial score (nSPS) is 18.9. The predicted molar refractivity (Wildman–Crippen MR) is 132 cm³/mol. The first-order valence-corrected chi connectivity index (χ1v) is 11.9. The first-order valence-electron chi connectivity index (χ1n) is 11.9. The van der Waals surface area contributed by atoms with Gasteiger partial charge in [0.25, 0.3) is 5.54 Å². The Balaban J connectivity index is 2.44. The van der Waals surface area contributed by atoms with Gasteiger partial charge in [0.1, 0.15) is 17.4 Å². The minimum atomic E-state index is -2.56. The zero-order chi connectivity index (χ0) is 27.3. The van der Waals surface area contributed by atoms with Crippen LogP contribution in [0.2, 0.25) is 0 Å². The number of hydrogen-bond donors (Lipinski definition) is 4. The highest BCUT2D eigenvalue weighted by molar-refractivity contribution is 6.09. The summed E-state index contributed by atoms with van der Waals surface area (Å²) in [5, 5.41) is 15.5. The van der Waals surface area contributed by atoms with E-state index in [1.807, 2.05) is 0 Å². The highest BCUT2D eigenvalue weighted by atomic mass is 16.6. The summed E-state index contributed by atoms with van der Waals surface area (Å²) in [6, 6.07) is 4.00. The van der Waals surface area contributed by atoms with Crippen molar-refractivity contribution in [3.8, 4) is 5.75 Å². The molecule has 2 rings (SSSR count). The van der Waals surface area contributed by atoms with E-state index in [9.17, 15) is 24.3 Å². The Morgan fingerprint density at radius 3 is 2.28 bits per heavy atom. The summed E-state index contributed by atoms with van der Waals surface area (Å²) in [5.74, 6) is -3.38. The quantitative estimate of drug-likeness (QED) is 0.261. The molecule has 0 radical (unpaired) electrons. The second kappa shape index (κ2) is 11.7. The highest BCUT2D eigenvalue weighted by Gasteiger charge is 2.54. The molecule has 1 aliphatic heterocycles. The number of amides is 2. The van der Waals surface area contributed by atoms with Crippen LogP contribution >= 0.6 is 0 Å². The van der Waals surface area contributed by atoms with Crippen molar-refractivity contribution < 1.29 is 33.8 Å². The molecule has 1 saturated heterocycles. The van der Waals surface area contributed by atoms with E-state index in [0.29, 0.717) is 24.3 Å². The molecule has 1 aromatic carbocycles. The van der Waals surface area contributed by atoms with E-state index >= 15 is 0 Å². The highest BCUT2D eigenvalue weighted by Crippen LogP contribution is 2.21. The maximum atomic E-state index is 13.6. The lowest BCUT2D eigenvalue weighted by atomic mass is 9.90. The van der Waals surface area contributed by atoms with E-state index in [4.69, 9.17) is 15.2 Å². The Bertz CT molecular complexity index is 952. The fourth-order valence-corrected chi connectivity index (χ4v) is 4.01. The number of carbonyl (C=O) groups excluding carboxylic acids is 3. The molecule has 5 N–H and O–H groups in total. The molecule has 0 unspecified atom stereocenters. The van der Waals surface area contributed by atoms with Crippen molar-refractivity contribution in [2.45, 2.75) is 76.2 Å². The number of hydrogen-bond acceptors (Lipinski definition) is 8. The number of nitrogens with zero attached hydrogens (tertiary/aromatic N) is 1. The molecule has 1 heterocycles. The third-order valence-corrected chi connectivity index (χ3v) is 6.13. The molecule has 1 aliphatic rings. The van der Waals surface area contributed by atoms with Crippen LogP contribution in [-0.4, -0.2) is 83.7 Å². The van der Waals surface area contributed by atoms with Gasteiger partial charge in [-0.25, -0.2) is 9.59 Å². The summed E-state index contributed by atoms with van der Waals surface area (Å²) < 4.78 is 10.5. The average molecular weight is 507 g/mol. The maximum Gasteiger partial charge on any atom is 0.345 e. The number of ether oxygens (including phenoxy) is 2. The van der Waals surface area contributed by atoms with Crippen molar-refractivity contribution in [1.82, 2.24) is 15.5 Å². The van der Waals surface area contributed by atoms with Crippen LogP contribution in [0.1, 0.15) is 46.1 Å². The van der Waals surface area contributed by atoms with E-state index in [-0.39, 0.29) is 12.3 Å². The van der Waals surface area contributed by atoms with E-state index in [1.165, 1.54) is 26.0 Å². The van der Waals surface area contributed by atoms with E-state index in [1.54, 1.807) is 45.0 Å². The molecule has 2 amide bonds. The summed E-state index contributed by atoms with van der Waals surface area (Å²) in [6.07, 6.45) is 1.51. The van der Waals surface area contributed by atoms with Gasteiger partial charge in [-0.3, -0.25) is 9.59 Å². The number of benzene rings is 1. The number of methoxy groups -OCH3 is 1. The van der Waals surface area contributed by atoms with E-state index in [2.05, 4.69) is 10.6 Å². The second-order valence-corrected chi connectivity index (χ2v) is 10.1. The third-order valence-electron chi connectivity index (χ3n) is 6.13. The summed E-state index contributed by atoms with van der Waals surface area (Å²) in [4.78, 5) is 53.6. The fourth-order valence-electron chi connectivity index (χ4n) is 4.01. The number of carbonyl (C=O) groups is 4. The topological polar surface area (TPSA) is 160 Å². The fraction of sp³-hybridized carbons (Fsp3) is 0.600. The molecular weight excluding hydrogens is 468 g/mol. The molecule has 0 spiro atoms.